The highest BCUT2D eigenvalue weighted by atomic mass is 16.1. The van der Waals surface area contributed by atoms with Gasteiger partial charge in [-0.25, -0.2) is 0 Å². The largest absolute Gasteiger partial charge is 0.299 e. The van der Waals surface area contributed by atoms with Crippen LogP contribution >= 0.6 is 0 Å². The van der Waals surface area contributed by atoms with Crippen LogP contribution < -0.4 is 0 Å². The Kier molecular flexibility index (Phi) is 20.7. The molecule has 0 aromatic carbocycles. The van der Waals surface area contributed by atoms with Crippen molar-refractivity contribution in [2.24, 2.45) is 5.41 Å². The Morgan fingerprint density at radius 2 is 0.690 bits per heavy atom. The number of carbonyl (C=O) groups excluding carboxylic acids is 1. The molecule has 1 heteroatoms. The summed E-state index contributed by atoms with van der Waals surface area (Å²) in [7, 11) is 0. The number of hydrogen-bond donors (Lipinski definition) is 0. The zero-order valence-electron chi connectivity index (χ0n) is 21.0. The van der Waals surface area contributed by atoms with Crippen LogP contribution in [-0.2, 0) is 4.79 Å². The van der Waals surface area contributed by atoms with Gasteiger partial charge in [-0.1, -0.05) is 156 Å². The minimum absolute atomic E-state index is 0.145. The molecule has 0 saturated heterocycles. The Morgan fingerprint density at radius 3 is 0.931 bits per heavy atom. The molecule has 1 nitrogen and oxygen atoms in total. The molecule has 0 fully saturated rings. The molecule has 0 aliphatic heterocycles. The number of carbonyl (C=O) groups is 1. The molecule has 0 aromatic heterocycles. The van der Waals surface area contributed by atoms with Crippen molar-refractivity contribution in [1.82, 2.24) is 0 Å². The van der Waals surface area contributed by atoms with Gasteiger partial charge >= 0.3 is 0 Å². The molecule has 0 atom stereocenters. The summed E-state index contributed by atoms with van der Waals surface area (Å²) in [5, 5.41) is 0. The Bertz CT molecular complexity index is 339. The summed E-state index contributed by atoms with van der Waals surface area (Å²) in [6.45, 7) is 8.40. The van der Waals surface area contributed by atoms with E-state index in [1.807, 2.05) is 20.8 Å². The average molecular weight is 409 g/mol. The summed E-state index contributed by atoms with van der Waals surface area (Å²) in [5.41, 5.74) is -0.145. The van der Waals surface area contributed by atoms with Gasteiger partial charge < -0.3 is 0 Å². The molecule has 0 amide bonds. The van der Waals surface area contributed by atoms with E-state index in [2.05, 4.69) is 6.92 Å². The van der Waals surface area contributed by atoms with E-state index in [0.29, 0.717) is 5.78 Å². The van der Waals surface area contributed by atoms with Crippen LogP contribution in [0, 0.1) is 5.41 Å². The predicted octanol–water partition coefficient (Wildman–Crippen LogP) is 10.2. The fourth-order valence-corrected chi connectivity index (χ4v) is 4.09. The van der Waals surface area contributed by atoms with Crippen LogP contribution in [0.25, 0.3) is 0 Å². The molecule has 0 saturated carbocycles. The van der Waals surface area contributed by atoms with E-state index in [-0.39, 0.29) is 5.41 Å². The molecule has 0 heterocycles. The van der Waals surface area contributed by atoms with Crippen LogP contribution in [0.15, 0.2) is 0 Å². The van der Waals surface area contributed by atoms with Gasteiger partial charge in [-0.3, -0.25) is 4.79 Å². The third kappa shape index (κ3) is 22.2. The maximum absolute atomic E-state index is 11.9. The van der Waals surface area contributed by atoms with Crippen molar-refractivity contribution in [2.75, 3.05) is 0 Å². The molecular formula is C28H56O. The van der Waals surface area contributed by atoms with Crippen LogP contribution in [0.4, 0.5) is 0 Å². The second-order valence-corrected chi connectivity index (χ2v) is 10.5. The summed E-state index contributed by atoms with van der Waals surface area (Å²) in [4.78, 5) is 11.9. The van der Waals surface area contributed by atoms with Crippen LogP contribution in [0.5, 0.6) is 0 Å². The summed E-state index contributed by atoms with van der Waals surface area (Å²) in [6.07, 6.45) is 30.4. The molecule has 29 heavy (non-hydrogen) atoms. The predicted molar refractivity (Wildman–Crippen MR) is 132 cm³/mol. The van der Waals surface area contributed by atoms with Crippen molar-refractivity contribution >= 4 is 5.78 Å². The smallest absolute Gasteiger partial charge is 0.138 e. The number of Topliss-reactive ketones (excluding diaryl/α,β-unsaturated/α-hetero) is 1. The van der Waals surface area contributed by atoms with Crippen LogP contribution in [-0.4, -0.2) is 5.78 Å². The molecule has 0 bridgehead atoms. The molecule has 0 spiro atoms. The van der Waals surface area contributed by atoms with E-state index in [0.717, 1.165) is 12.8 Å². The van der Waals surface area contributed by atoms with Gasteiger partial charge in [0, 0.05) is 11.8 Å². The average Bonchev–Trinajstić information content (AvgIpc) is 2.68. The monoisotopic (exact) mass is 408 g/mol. The zero-order chi connectivity index (χ0) is 21.6. The van der Waals surface area contributed by atoms with Crippen LogP contribution in [0.3, 0.4) is 0 Å². The van der Waals surface area contributed by atoms with Gasteiger partial charge in [-0.05, 0) is 6.42 Å². The topological polar surface area (TPSA) is 17.1 Å². The highest BCUT2D eigenvalue weighted by Gasteiger charge is 2.19. The van der Waals surface area contributed by atoms with Gasteiger partial charge in [0.2, 0.25) is 0 Å². The zero-order valence-corrected chi connectivity index (χ0v) is 21.0. The lowest BCUT2D eigenvalue weighted by Gasteiger charge is -2.16. The summed E-state index contributed by atoms with van der Waals surface area (Å²) in [6, 6.07) is 0. The minimum atomic E-state index is -0.145. The van der Waals surface area contributed by atoms with Crippen molar-refractivity contribution < 1.29 is 4.79 Å². The number of rotatable bonds is 22. The van der Waals surface area contributed by atoms with Gasteiger partial charge in [0.25, 0.3) is 0 Å². The van der Waals surface area contributed by atoms with E-state index >= 15 is 0 Å². The molecule has 0 radical (unpaired) electrons. The number of unbranched alkanes of at least 4 members (excludes halogenated alkanes) is 20. The fourth-order valence-electron chi connectivity index (χ4n) is 4.09. The second-order valence-electron chi connectivity index (χ2n) is 10.5. The third-order valence-electron chi connectivity index (χ3n) is 6.34. The molecule has 0 unspecified atom stereocenters. The van der Waals surface area contributed by atoms with Crippen molar-refractivity contribution in [2.45, 2.75) is 169 Å². The van der Waals surface area contributed by atoms with E-state index in [1.54, 1.807) is 0 Å². The molecular weight excluding hydrogens is 352 g/mol. The maximum Gasteiger partial charge on any atom is 0.138 e. The molecule has 0 rings (SSSR count). The van der Waals surface area contributed by atoms with Crippen molar-refractivity contribution in [1.29, 1.82) is 0 Å². The number of ketones is 1. The van der Waals surface area contributed by atoms with Gasteiger partial charge in [-0.2, -0.15) is 0 Å². The van der Waals surface area contributed by atoms with Gasteiger partial charge in [-0.15, -0.1) is 0 Å². The Labute approximate surface area is 185 Å². The standard InChI is InChI=1S/C28H56O/c1-5-6-7-8-9-10-11-12-13-14-15-16-17-18-19-20-21-22-23-24-25-26-27(29)28(2,3)4/h5-26H2,1-4H3. The minimum Gasteiger partial charge on any atom is -0.299 e. The van der Waals surface area contributed by atoms with E-state index in [9.17, 15) is 4.79 Å². The molecule has 174 valence electrons. The molecule has 0 aliphatic rings. The third-order valence-corrected chi connectivity index (χ3v) is 6.34. The first-order chi connectivity index (χ1) is 14.0. The summed E-state index contributed by atoms with van der Waals surface area (Å²) in [5.74, 6) is 0.426. The van der Waals surface area contributed by atoms with Crippen molar-refractivity contribution in [3.63, 3.8) is 0 Å². The molecule has 0 aliphatic carbocycles. The van der Waals surface area contributed by atoms with Gasteiger partial charge in [0.1, 0.15) is 5.78 Å². The highest BCUT2D eigenvalue weighted by Crippen LogP contribution is 2.19. The lowest BCUT2D eigenvalue weighted by molar-refractivity contribution is -0.126. The Hall–Kier alpha value is -0.330. The Balaban J connectivity index is 3.09. The van der Waals surface area contributed by atoms with Crippen LogP contribution in [0.2, 0.25) is 0 Å². The molecule has 0 N–H and O–H groups in total. The SMILES string of the molecule is CCCCCCCCCCCCCCCCCCCCCCCC(=O)C(C)(C)C. The van der Waals surface area contributed by atoms with E-state index < -0.39 is 0 Å². The first-order valence-electron chi connectivity index (χ1n) is 13.5. The second kappa shape index (κ2) is 20.9. The number of hydrogen-bond acceptors (Lipinski definition) is 1. The van der Waals surface area contributed by atoms with Gasteiger partial charge in [0.05, 0.1) is 0 Å². The quantitative estimate of drug-likeness (QED) is 0.163. The summed E-state index contributed by atoms with van der Waals surface area (Å²) >= 11 is 0. The summed E-state index contributed by atoms with van der Waals surface area (Å²) < 4.78 is 0. The first kappa shape index (κ1) is 28.7. The lowest BCUT2D eigenvalue weighted by Crippen LogP contribution is -2.19. The van der Waals surface area contributed by atoms with Gasteiger partial charge in [0.15, 0.2) is 0 Å². The molecule has 0 aromatic rings. The first-order valence-corrected chi connectivity index (χ1v) is 13.5. The van der Waals surface area contributed by atoms with E-state index in [4.69, 9.17) is 0 Å². The van der Waals surface area contributed by atoms with Crippen molar-refractivity contribution in [3.05, 3.63) is 0 Å². The highest BCUT2D eigenvalue weighted by molar-refractivity contribution is 5.83. The fraction of sp³-hybridized carbons (Fsp3) is 0.964. The Morgan fingerprint density at radius 1 is 0.448 bits per heavy atom. The normalized spacial score (nSPS) is 11.9. The maximum atomic E-state index is 11.9. The van der Waals surface area contributed by atoms with E-state index in [1.165, 1.54) is 128 Å². The van der Waals surface area contributed by atoms with Crippen molar-refractivity contribution in [3.8, 4) is 0 Å². The lowest BCUT2D eigenvalue weighted by atomic mass is 9.88. The van der Waals surface area contributed by atoms with Crippen LogP contribution in [0.1, 0.15) is 169 Å².